The number of anilines is 2. The van der Waals surface area contributed by atoms with Crippen LogP contribution in [0.25, 0.3) is 22.3 Å². The van der Waals surface area contributed by atoms with E-state index in [1.54, 1.807) is 43.3 Å². The van der Waals surface area contributed by atoms with Gasteiger partial charge in [0.1, 0.15) is 62.5 Å². The van der Waals surface area contributed by atoms with Gasteiger partial charge in [-0.25, -0.2) is 4.98 Å². The quantitative estimate of drug-likeness (QED) is 0.0951. The molecule has 47 heavy (non-hydrogen) atoms. The number of aromatic hydroxyl groups is 1. The Morgan fingerprint density at radius 2 is 1.28 bits per heavy atom. The maximum atomic E-state index is 12.7. The lowest BCUT2D eigenvalue weighted by Crippen LogP contribution is -2.35. The molecule has 0 atom stereocenters. The van der Waals surface area contributed by atoms with Gasteiger partial charge in [-0.15, -0.1) is 0 Å². The molecule has 0 bridgehead atoms. The lowest BCUT2D eigenvalue weighted by Gasteiger charge is -2.25. The fourth-order valence-electron chi connectivity index (χ4n) is 4.73. The number of nitrogens with zero attached hydrogens (tertiary/aromatic N) is 3. The molecule has 6 N–H and O–H groups in total. The molecule has 3 aromatic carbocycles. The van der Waals surface area contributed by atoms with Crippen molar-refractivity contribution in [3.63, 3.8) is 0 Å². The lowest BCUT2D eigenvalue weighted by molar-refractivity contribution is -0.138. The van der Waals surface area contributed by atoms with E-state index in [2.05, 4.69) is 9.97 Å². The maximum absolute atomic E-state index is 12.7. The number of benzene rings is 3. The number of para-hydroxylation sites is 1. The maximum Gasteiger partial charge on any atom is 0.323 e. The van der Waals surface area contributed by atoms with E-state index in [0.717, 1.165) is 21.4 Å². The summed E-state index contributed by atoms with van der Waals surface area (Å²) in [5.41, 5.74) is 0.681. The van der Waals surface area contributed by atoms with Crippen LogP contribution < -0.4 is 24.8 Å². The summed E-state index contributed by atoms with van der Waals surface area (Å²) in [7, 11) is 0. The molecule has 0 radical (unpaired) electrons. The molecule has 4 rings (SSSR count). The van der Waals surface area contributed by atoms with Crippen LogP contribution in [-0.4, -0.2) is 98.8 Å². The van der Waals surface area contributed by atoms with Crippen molar-refractivity contribution >= 4 is 46.2 Å². The number of hydrogen-bond acceptors (Lipinski definition) is 11. The average Bonchev–Trinajstić information content (AvgIpc) is 2.98. The van der Waals surface area contributed by atoms with Gasteiger partial charge in [0.2, 0.25) is 0 Å². The van der Waals surface area contributed by atoms with E-state index in [0.29, 0.717) is 10.9 Å². The molecular formula is C31H30N4O12. The van der Waals surface area contributed by atoms with Crippen molar-refractivity contribution in [2.45, 2.75) is 6.92 Å². The van der Waals surface area contributed by atoms with Crippen molar-refractivity contribution in [3.05, 3.63) is 70.5 Å². The zero-order valence-corrected chi connectivity index (χ0v) is 24.9. The minimum Gasteiger partial charge on any atom is -0.507 e. The standard InChI is InChI=1S/C31H30N4O12/c1-17-6-7-21(34(13-26(37)38)14-27(39)40)24(10-17)46-8-9-47-25-11-19(30-32-20-5-3-2-4-18(20)31(45)33-30)23(36)12-22(25)35(15-28(41)42)16-29(43)44/h2-7,10-12,36H,8-9,13-16H2,1H3,(H,37,38)(H,39,40)(H,41,42)(H,43,44)(H,32,33,45). The second kappa shape index (κ2) is 14.6. The summed E-state index contributed by atoms with van der Waals surface area (Å²) in [5, 5.41) is 48.7. The first-order chi connectivity index (χ1) is 22.3. The summed E-state index contributed by atoms with van der Waals surface area (Å²) < 4.78 is 11.8. The number of H-pyrrole nitrogens is 1. The number of fused-ring (bicyclic) bond motifs is 1. The third kappa shape index (κ3) is 8.65. The van der Waals surface area contributed by atoms with Crippen LogP contribution in [0.1, 0.15) is 5.56 Å². The first-order valence-corrected chi connectivity index (χ1v) is 13.9. The van der Waals surface area contributed by atoms with Gasteiger partial charge in [0.05, 0.1) is 27.8 Å². The van der Waals surface area contributed by atoms with Crippen LogP contribution in [0.3, 0.4) is 0 Å². The van der Waals surface area contributed by atoms with Crippen molar-refractivity contribution in [1.82, 2.24) is 9.97 Å². The van der Waals surface area contributed by atoms with E-state index < -0.39 is 61.4 Å². The molecule has 0 amide bonds. The highest BCUT2D eigenvalue weighted by Gasteiger charge is 2.23. The van der Waals surface area contributed by atoms with Crippen molar-refractivity contribution in [2.75, 3.05) is 49.2 Å². The van der Waals surface area contributed by atoms with Gasteiger partial charge in [0, 0.05) is 6.07 Å². The van der Waals surface area contributed by atoms with Gasteiger partial charge in [-0.2, -0.15) is 0 Å². The van der Waals surface area contributed by atoms with E-state index in [1.165, 1.54) is 12.1 Å². The molecule has 0 aliphatic heterocycles. The topological polar surface area (TPSA) is 240 Å². The van der Waals surface area contributed by atoms with Crippen molar-refractivity contribution in [3.8, 4) is 28.6 Å². The molecule has 0 spiro atoms. The highest BCUT2D eigenvalue weighted by atomic mass is 16.5. The van der Waals surface area contributed by atoms with Gasteiger partial charge in [0.15, 0.2) is 0 Å². The fraction of sp³-hybridized carbons (Fsp3) is 0.226. The van der Waals surface area contributed by atoms with E-state index in [-0.39, 0.29) is 47.5 Å². The molecule has 0 saturated heterocycles. The van der Waals surface area contributed by atoms with Crippen molar-refractivity contribution in [1.29, 1.82) is 0 Å². The largest absolute Gasteiger partial charge is 0.507 e. The smallest absolute Gasteiger partial charge is 0.323 e. The van der Waals surface area contributed by atoms with Crippen molar-refractivity contribution < 1.29 is 54.2 Å². The molecule has 0 unspecified atom stereocenters. The molecule has 0 fully saturated rings. The Balaban J connectivity index is 1.68. The summed E-state index contributed by atoms with van der Waals surface area (Å²) in [6.07, 6.45) is 0. The summed E-state index contributed by atoms with van der Waals surface area (Å²) in [6.45, 7) is -1.44. The third-order valence-electron chi connectivity index (χ3n) is 6.64. The molecule has 4 aromatic rings. The van der Waals surface area contributed by atoms with Crippen molar-refractivity contribution in [2.24, 2.45) is 0 Å². The Morgan fingerprint density at radius 3 is 1.85 bits per heavy atom. The Bertz CT molecular complexity index is 1860. The second-order valence-electron chi connectivity index (χ2n) is 10.2. The van der Waals surface area contributed by atoms with Gasteiger partial charge in [0.25, 0.3) is 5.56 Å². The molecule has 16 heteroatoms. The second-order valence-corrected chi connectivity index (χ2v) is 10.2. The number of aryl methyl sites for hydroxylation is 1. The predicted octanol–water partition coefficient (Wildman–Crippen LogP) is 2.01. The number of phenolic OH excluding ortho intramolecular Hbond substituents is 1. The highest BCUT2D eigenvalue weighted by molar-refractivity contribution is 5.85. The van der Waals surface area contributed by atoms with Crippen LogP contribution in [0.5, 0.6) is 17.2 Å². The van der Waals surface area contributed by atoms with Gasteiger partial charge in [-0.3, -0.25) is 24.0 Å². The zero-order chi connectivity index (χ0) is 34.2. The number of aromatic amines is 1. The minimum atomic E-state index is -1.36. The zero-order valence-electron chi connectivity index (χ0n) is 24.9. The third-order valence-corrected chi connectivity index (χ3v) is 6.64. The van der Waals surface area contributed by atoms with Crippen LogP contribution in [0, 0.1) is 6.92 Å². The van der Waals surface area contributed by atoms with E-state index in [9.17, 15) is 49.5 Å². The number of ether oxygens (including phenoxy) is 2. The molecular weight excluding hydrogens is 620 g/mol. The van der Waals surface area contributed by atoms with E-state index in [4.69, 9.17) is 9.47 Å². The number of aromatic nitrogens is 2. The molecule has 1 heterocycles. The summed E-state index contributed by atoms with van der Waals surface area (Å²) >= 11 is 0. The van der Waals surface area contributed by atoms with Gasteiger partial charge >= 0.3 is 23.9 Å². The highest BCUT2D eigenvalue weighted by Crippen LogP contribution is 2.39. The number of carboxylic acid groups (broad SMARTS) is 4. The van der Waals surface area contributed by atoms with Crippen LogP contribution in [0.2, 0.25) is 0 Å². The lowest BCUT2D eigenvalue weighted by atomic mass is 10.1. The molecule has 1 aromatic heterocycles. The molecule has 0 saturated carbocycles. The number of carboxylic acids is 4. The first-order valence-electron chi connectivity index (χ1n) is 13.9. The molecule has 0 aliphatic rings. The summed E-state index contributed by atoms with van der Waals surface area (Å²) in [6, 6.07) is 13.6. The Labute approximate surface area is 265 Å². The number of rotatable bonds is 16. The fourth-order valence-corrected chi connectivity index (χ4v) is 4.73. The predicted molar refractivity (Wildman–Crippen MR) is 167 cm³/mol. The van der Waals surface area contributed by atoms with Gasteiger partial charge < -0.3 is 49.8 Å². The van der Waals surface area contributed by atoms with E-state index in [1.807, 2.05) is 0 Å². The van der Waals surface area contributed by atoms with Crippen LogP contribution in [0.15, 0.2) is 59.4 Å². The van der Waals surface area contributed by atoms with Crippen LogP contribution >= 0.6 is 0 Å². The average molecular weight is 651 g/mol. The number of hydrogen-bond donors (Lipinski definition) is 6. The van der Waals surface area contributed by atoms with Crippen LogP contribution in [-0.2, 0) is 19.2 Å². The Hall–Kier alpha value is -6.32. The monoisotopic (exact) mass is 650 g/mol. The summed E-state index contributed by atoms with van der Waals surface area (Å²) in [5.74, 6) is -5.64. The minimum absolute atomic E-state index is 0.00271. The number of carbonyl (C=O) groups is 4. The molecule has 0 aliphatic carbocycles. The SMILES string of the molecule is Cc1ccc(N(CC(=O)O)CC(=O)O)c(OCCOc2cc(-c3nc4ccccc4c(=O)[nH]3)c(O)cc2N(CC(=O)O)CC(=O)O)c1. The first kappa shape index (κ1) is 33.6. The Kier molecular flexibility index (Phi) is 10.5. The van der Waals surface area contributed by atoms with Crippen LogP contribution in [0.4, 0.5) is 11.4 Å². The number of aliphatic carboxylic acids is 4. The van der Waals surface area contributed by atoms with Gasteiger partial charge in [-0.05, 0) is 42.8 Å². The Morgan fingerprint density at radius 1 is 0.745 bits per heavy atom. The normalized spacial score (nSPS) is 10.7. The molecule has 246 valence electrons. The number of nitrogens with one attached hydrogen (secondary N) is 1. The number of phenols is 1. The van der Waals surface area contributed by atoms with Gasteiger partial charge in [-0.1, -0.05) is 18.2 Å². The molecule has 16 nitrogen and oxygen atoms in total. The van der Waals surface area contributed by atoms with E-state index >= 15 is 0 Å². The summed E-state index contributed by atoms with van der Waals surface area (Å²) in [4.78, 5) is 67.8.